The lowest BCUT2D eigenvalue weighted by molar-refractivity contribution is -0.161. The van der Waals surface area contributed by atoms with E-state index in [1.807, 2.05) is 0 Å². The average Bonchev–Trinajstić information content (AvgIpc) is 2.78. The van der Waals surface area contributed by atoms with Gasteiger partial charge in [-0.15, -0.1) is 0 Å². The number of rotatable bonds is 2. The van der Waals surface area contributed by atoms with E-state index >= 15 is 0 Å². The Hall–Kier alpha value is -0.570. The van der Waals surface area contributed by atoms with Gasteiger partial charge in [-0.05, 0) is 53.4 Å². The fraction of sp³-hybridized carbons (Fsp3) is 0.938. The van der Waals surface area contributed by atoms with Gasteiger partial charge in [-0.25, -0.2) is 0 Å². The summed E-state index contributed by atoms with van der Waals surface area (Å²) >= 11 is 0. The molecular weight excluding hydrogens is 238 g/mol. The Labute approximate surface area is 117 Å². The van der Waals surface area contributed by atoms with Gasteiger partial charge in [0, 0.05) is 24.1 Å². The number of methoxy groups -OCH3 is 1. The number of likely N-dealkylation sites (tertiary alicyclic amines) is 1. The number of carbonyl (C=O) groups is 1. The average molecular weight is 267 g/mol. The monoisotopic (exact) mass is 267 g/mol. The smallest absolute Gasteiger partial charge is 0.226 e. The molecule has 1 heterocycles. The number of hydrogen-bond acceptors (Lipinski definition) is 2. The molecule has 0 atom stereocenters. The molecule has 1 saturated heterocycles. The third kappa shape index (κ3) is 2.81. The molecule has 0 spiro atoms. The minimum absolute atomic E-state index is 0.109. The van der Waals surface area contributed by atoms with Gasteiger partial charge in [0.25, 0.3) is 0 Å². The fourth-order valence-electron chi connectivity index (χ4n) is 4.31. The molecule has 2 fully saturated rings. The highest BCUT2D eigenvalue weighted by Crippen LogP contribution is 2.42. The third-order valence-corrected chi connectivity index (χ3v) is 4.92. The number of hydrogen-bond donors (Lipinski definition) is 0. The Kier molecular flexibility index (Phi) is 3.97. The lowest BCUT2D eigenvalue weighted by atomic mass is 9.77. The van der Waals surface area contributed by atoms with Crippen LogP contribution in [0.2, 0.25) is 0 Å². The van der Waals surface area contributed by atoms with Crippen LogP contribution in [0.1, 0.15) is 66.2 Å². The van der Waals surface area contributed by atoms with Crippen LogP contribution in [0.15, 0.2) is 0 Å². The van der Waals surface area contributed by atoms with Crippen LogP contribution < -0.4 is 0 Å². The molecule has 1 amide bonds. The van der Waals surface area contributed by atoms with Gasteiger partial charge < -0.3 is 9.64 Å². The van der Waals surface area contributed by atoms with Crippen molar-refractivity contribution >= 4 is 5.91 Å². The molecular formula is C16H29NO2. The molecule has 0 bridgehead atoms. The fourth-order valence-corrected chi connectivity index (χ4v) is 4.31. The molecule has 1 aliphatic heterocycles. The molecule has 2 aliphatic rings. The van der Waals surface area contributed by atoms with Gasteiger partial charge in [0.15, 0.2) is 0 Å². The summed E-state index contributed by atoms with van der Waals surface area (Å²) in [5, 5.41) is 0. The molecule has 0 aromatic rings. The topological polar surface area (TPSA) is 29.5 Å². The Bertz CT molecular complexity index is 325. The maximum Gasteiger partial charge on any atom is 0.226 e. The van der Waals surface area contributed by atoms with E-state index in [2.05, 4.69) is 32.6 Å². The van der Waals surface area contributed by atoms with Crippen LogP contribution in [-0.4, -0.2) is 35.1 Å². The molecule has 0 N–H and O–H groups in total. The summed E-state index contributed by atoms with van der Waals surface area (Å²) in [5.41, 5.74) is -0.218. The molecule has 19 heavy (non-hydrogen) atoms. The zero-order valence-electron chi connectivity index (χ0n) is 13.2. The largest absolute Gasteiger partial charge is 0.381 e. The SMILES string of the molecule is COC1CC(C)(C)N(C(=O)C2CCCC2)C(C)(C)C1. The molecule has 110 valence electrons. The van der Waals surface area contributed by atoms with Crippen LogP contribution >= 0.6 is 0 Å². The lowest BCUT2D eigenvalue weighted by Crippen LogP contribution is -2.65. The molecule has 3 nitrogen and oxygen atoms in total. The van der Waals surface area contributed by atoms with E-state index in [9.17, 15) is 4.79 Å². The minimum Gasteiger partial charge on any atom is -0.381 e. The van der Waals surface area contributed by atoms with Gasteiger partial charge in [0.1, 0.15) is 0 Å². The van der Waals surface area contributed by atoms with E-state index in [1.165, 1.54) is 12.8 Å². The summed E-state index contributed by atoms with van der Waals surface area (Å²) in [6, 6.07) is 0. The number of nitrogens with zero attached hydrogens (tertiary/aromatic N) is 1. The van der Waals surface area contributed by atoms with Crippen molar-refractivity contribution in [1.82, 2.24) is 4.90 Å². The van der Waals surface area contributed by atoms with E-state index in [0.29, 0.717) is 5.91 Å². The second-order valence-electron chi connectivity index (χ2n) is 7.55. The van der Waals surface area contributed by atoms with Crippen LogP contribution in [-0.2, 0) is 9.53 Å². The quantitative estimate of drug-likeness (QED) is 0.767. The normalized spacial score (nSPS) is 27.7. The first-order valence-corrected chi connectivity index (χ1v) is 7.65. The summed E-state index contributed by atoms with van der Waals surface area (Å²) in [4.78, 5) is 15.1. The summed E-state index contributed by atoms with van der Waals surface area (Å²) < 4.78 is 5.58. The first-order chi connectivity index (χ1) is 8.78. The van der Waals surface area contributed by atoms with Crippen molar-refractivity contribution in [2.45, 2.75) is 83.4 Å². The van der Waals surface area contributed by atoms with Crippen LogP contribution in [0.4, 0.5) is 0 Å². The Balaban J connectivity index is 2.23. The molecule has 3 heteroatoms. The lowest BCUT2D eigenvalue weighted by Gasteiger charge is -2.55. The Morgan fingerprint density at radius 3 is 1.95 bits per heavy atom. The summed E-state index contributed by atoms with van der Waals surface area (Å²) in [6.45, 7) is 8.75. The number of ether oxygens (including phenoxy) is 1. The van der Waals surface area contributed by atoms with Crippen molar-refractivity contribution in [3.63, 3.8) is 0 Å². The van der Waals surface area contributed by atoms with Gasteiger partial charge in [0.05, 0.1) is 6.10 Å². The van der Waals surface area contributed by atoms with Gasteiger partial charge in [0.2, 0.25) is 5.91 Å². The van der Waals surface area contributed by atoms with Crippen molar-refractivity contribution in [3.05, 3.63) is 0 Å². The van der Waals surface area contributed by atoms with E-state index < -0.39 is 0 Å². The van der Waals surface area contributed by atoms with Crippen molar-refractivity contribution in [3.8, 4) is 0 Å². The predicted molar refractivity (Wildman–Crippen MR) is 77.0 cm³/mol. The molecule has 0 radical (unpaired) electrons. The van der Waals surface area contributed by atoms with Crippen molar-refractivity contribution in [1.29, 1.82) is 0 Å². The zero-order valence-corrected chi connectivity index (χ0v) is 13.2. The van der Waals surface area contributed by atoms with Crippen molar-refractivity contribution in [2.75, 3.05) is 7.11 Å². The highest BCUT2D eigenvalue weighted by Gasteiger charge is 2.49. The number of piperidine rings is 1. The molecule has 2 rings (SSSR count). The molecule has 1 saturated carbocycles. The maximum absolute atomic E-state index is 12.9. The Morgan fingerprint density at radius 1 is 1.05 bits per heavy atom. The second kappa shape index (κ2) is 5.08. The first kappa shape index (κ1) is 14.8. The van der Waals surface area contributed by atoms with E-state index in [4.69, 9.17) is 4.74 Å². The van der Waals surface area contributed by atoms with Gasteiger partial charge >= 0.3 is 0 Å². The van der Waals surface area contributed by atoms with Crippen LogP contribution in [0, 0.1) is 5.92 Å². The van der Waals surface area contributed by atoms with Crippen molar-refractivity contribution in [2.24, 2.45) is 5.92 Å². The Morgan fingerprint density at radius 2 is 1.53 bits per heavy atom. The summed E-state index contributed by atoms with van der Waals surface area (Å²) in [5.74, 6) is 0.639. The first-order valence-electron chi connectivity index (χ1n) is 7.65. The summed E-state index contributed by atoms with van der Waals surface area (Å²) in [7, 11) is 1.78. The number of amides is 1. The molecule has 0 aromatic heterocycles. The van der Waals surface area contributed by atoms with E-state index in [0.717, 1.165) is 25.7 Å². The van der Waals surface area contributed by atoms with Crippen LogP contribution in [0.25, 0.3) is 0 Å². The second-order valence-corrected chi connectivity index (χ2v) is 7.55. The predicted octanol–water partition coefficient (Wildman–Crippen LogP) is 3.37. The van der Waals surface area contributed by atoms with Gasteiger partial charge in [-0.3, -0.25) is 4.79 Å². The standard InChI is InChI=1S/C16H29NO2/c1-15(2)10-13(19-5)11-16(3,4)17(15)14(18)12-8-6-7-9-12/h12-13H,6-11H2,1-5H3. The highest BCUT2D eigenvalue weighted by molar-refractivity contribution is 5.80. The molecule has 1 aliphatic carbocycles. The van der Waals surface area contributed by atoms with Crippen LogP contribution in [0.5, 0.6) is 0 Å². The third-order valence-electron chi connectivity index (χ3n) is 4.92. The molecule has 0 aromatic carbocycles. The van der Waals surface area contributed by atoms with E-state index in [1.54, 1.807) is 7.11 Å². The maximum atomic E-state index is 12.9. The van der Waals surface area contributed by atoms with E-state index in [-0.39, 0.29) is 23.1 Å². The van der Waals surface area contributed by atoms with Gasteiger partial charge in [-0.1, -0.05) is 12.8 Å². The van der Waals surface area contributed by atoms with Crippen molar-refractivity contribution < 1.29 is 9.53 Å². The minimum atomic E-state index is -0.109. The highest BCUT2D eigenvalue weighted by atomic mass is 16.5. The summed E-state index contributed by atoms with van der Waals surface area (Å²) in [6.07, 6.45) is 6.72. The molecule has 0 unspecified atom stereocenters. The number of carbonyl (C=O) groups excluding carboxylic acids is 1. The van der Waals surface area contributed by atoms with Crippen LogP contribution in [0.3, 0.4) is 0 Å². The van der Waals surface area contributed by atoms with Gasteiger partial charge in [-0.2, -0.15) is 0 Å². The zero-order chi connectivity index (χ0) is 14.3.